The van der Waals surface area contributed by atoms with Crippen molar-refractivity contribution >= 4 is 5.78 Å². The van der Waals surface area contributed by atoms with E-state index in [0.717, 1.165) is 13.1 Å². The molecule has 0 radical (unpaired) electrons. The summed E-state index contributed by atoms with van der Waals surface area (Å²) in [5.74, 6) is 1.87. The van der Waals surface area contributed by atoms with Crippen LogP contribution in [0.15, 0.2) is 18.2 Å². The van der Waals surface area contributed by atoms with E-state index < -0.39 is 0 Å². The monoisotopic (exact) mass is 249 g/mol. The van der Waals surface area contributed by atoms with Crippen LogP contribution in [0.3, 0.4) is 0 Å². The van der Waals surface area contributed by atoms with Crippen LogP contribution in [0.5, 0.6) is 11.5 Å². The first-order valence-electron chi connectivity index (χ1n) is 6.13. The van der Waals surface area contributed by atoms with E-state index in [1.54, 1.807) is 32.4 Å². The maximum Gasteiger partial charge on any atom is 0.167 e. The van der Waals surface area contributed by atoms with Crippen LogP contribution in [-0.4, -0.2) is 33.1 Å². The van der Waals surface area contributed by atoms with Crippen molar-refractivity contribution in [2.24, 2.45) is 11.8 Å². The Labute approximate surface area is 107 Å². The Morgan fingerprint density at radius 2 is 1.78 bits per heavy atom. The number of ketones is 1. The van der Waals surface area contributed by atoms with Gasteiger partial charge >= 0.3 is 0 Å². The number of carbonyl (C=O) groups is 1. The van der Waals surface area contributed by atoms with Crippen molar-refractivity contribution in [3.63, 3.8) is 0 Å². The molecular weight excluding hydrogens is 230 g/mol. The lowest BCUT2D eigenvalue weighted by Gasteiger charge is -2.14. The van der Waals surface area contributed by atoms with Crippen LogP contribution in [-0.2, 0) is 0 Å². The van der Waals surface area contributed by atoms with Crippen molar-refractivity contribution in [2.75, 3.05) is 27.3 Å². The molecule has 4 heteroatoms. The van der Waals surface area contributed by atoms with Gasteiger partial charge in [0.2, 0.25) is 0 Å². The van der Waals surface area contributed by atoms with Crippen LogP contribution in [0.4, 0.5) is 0 Å². The van der Waals surface area contributed by atoms with Crippen molar-refractivity contribution < 1.29 is 14.3 Å². The molecule has 0 amide bonds. The Morgan fingerprint density at radius 1 is 1.17 bits per heavy atom. The van der Waals surface area contributed by atoms with E-state index in [1.165, 1.54) is 0 Å². The Hall–Kier alpha value is -1.55. The van der Waals surface area contributed by atoms with E-state index in [9.17, 15) is 4.79 Å². The average Bonchev–Trinajstić information content (AvgIpc) is 2.83. The van der Waals surface area contributed by atoms with E-state index in [-0.39, 0.29) is 11.7 Å². The SMILES string of the molecule is COc1cc(OC)cc(C(=O)C2CNCC2C)c1. The molecule has 1 aromatic carbocycles. The molecule has 0 bridgehead atoms. The van der Waals surface area contributed by atoms with E-state index in [0.29, 0.717) is 23.0 Å². The number of nitrogens with one attached hydrogen (secondary N) is 1. The Morgan fingerprint density at radius 3 is 2.22 bits per heavy atom. The van der Waals surface area contributed by atoms with Crippen LogP contribution in [0.2, 0.25) is 0 Å². The predicted molar refractivity (Wildman–Crippen MR) is 69.4 cm³/mol. The van der Waals surface area contributed by atoms with Gasteiger partial charge in [-0.15, -0.1) is 0 Å². The fourth-order valence-electron chi connectivity index (χ4n) is 2.32. The second kappa shape index (κ2) is 5.40. The lowest BCUT2D eigenvalue weighted by Crippen LogP contribution is -2.21. The normalized spacial score (nSPS) is 22.8. The third-order valence-electron chi connectivity index (χ3n) is 3.49. The van der Waals surface area contributed by atoms with E-state index in [2.05, 4.69) is 12.2 Å². The van der Waals surface area contributed by atoms with Crippen LogP contribution in [0.1, 0.15) is 17.3 Å². The molecule has 2 atom stereocenters. The lowest BCUT2D eigenvalue weighted by molar-refractivity contribution is 0.0907. The van der Waals surface area contributed by atoms with Gasteiger partial charge in [0, 0.05) is 24.1 Å². The van der Waals surface area contributed by atoms with Gasteiger partial charge in [-0.05, 0) is 24.6 Å². The van der Waals surface area contributed by atoms with Gasteiger partial charge in [0.1, 0.15) is 11.5 Å². The first-order valence-corrected chi connectivity index (χ1v) is 6.13. The summed E-state index contributed by atoms with van der Waals surface area (Å²) >= 11 is 0. The Kier molecular flexibility index (Phi) is 3.87. The maximum atomic E-state index is 12.4. The third-order valence-corrected chi connectivity index (χ3v) is 3.49. The smallest absolute Gasteiger partial charge is 0.167 e. The Bertz CT molecular complexity index is 422. The van der Waals surface area contributed by atoms with Crippen molar-refractivity contribution in [1.29, 1.82) is 0 Å². The molecule has 4 nitrogen and oxygen atoms in total. The molecule has 18 heavy (non-hydrogen) atoms. The minimum Gasteiger partial charge on any atom is -0.497 e. The molecule has 0 saturated carbocycles. The molecular formula is C14H19NO3. The summed E-state index contributed by atoms with van der Waals surface area (Å²) in [6.45, 7) is 3.75. The molecule has 0 aliphatic carbocycles. The van der Waals surface area contributed by atoms with E-state index in [1.807, 2.05) is 0 Å². The van der Waals surface area contributed by atoms with Crippen LogP contribution >= 0.6 is 0 Å². The number of hydrogen-bond donors (Lipinski definition) is 1. The summed E-state index contributed by atoms with van der Waals surface area (Å²) in [5, 5.41) is 3.25. The zero-order chi connectivity index (χ0) is 13.1. The second-order valence-electron chi connectivity index (χ2n) is 4.71. The minimum atomic E-state index is 0.0433. The molecule has 1 aliphatic rings. The standard InChI is InChI=1S/C14H19NO3/c1-9-7-15-8-13(9)14(16)10-4-11(17-2)6-12(5-10)18-3/h4-6,9,13,15H,7-8H2,1-3H3. The highest BCUT2D eigenvalue weighted by Crippen LogP contribution is 2.27. The highest BCUT2D eigenvalue weighted by Gasteiger charge is 2.30. The summed E-state index contributed by atoms with van der Waals surface area (Å²) in [7, 11) is 3.17. The second-order valence-corrected chi connectivity index (χ2v) is 4.71. The quantitative estimate of drug-likeness (QED) is 0.826. The van der Waals surface area contributed by atoms with Crippen LogP contribution < -0.4 is 14.8 Å². The van der Waals surface area contributed by atoms with Gasteiger partial charge in [-0.2, -0.15) is 0 Å². The van der Waals surface area contributed by atoms with Gasteiger partial charge in [-0.25, -0.2) is 0 Å². The number of benzene rings is 1. The van der Waals surface area contributed by atoms with Crippen molar-refractivity contribution in [3.8, 4) is 11.5 Å². The third kappa shape index (κ3) is 2.48. The molecule has 1 saturated heterocycles. The highest BCUT2D eigenvalue weighted by molar-refractivity contribution is 5.99. The predicted octanol–water partition coefficient (Wildman–Crippen LogP) is 1.74. The highest BCUT2D eigenvalue weighted by atomic mass is 16.5. The molecule has 1 N–H and O–H groups in total. The van der Waals surface area contributed by atoms with Gasteiger partial charge in [-0.3, -0.25) is 4.79 Å². The van der Waals surface area contributed by atoms with E-state index >= 15 is 0 Å². The zero-order valence-electron chi connectivity index (χ0n) is 11.0. The van der Waals surface area contributed by atoms with Crippen LogP contribution in [0, 0.1) is 11.8 Å². The molecule has 0 aromatic heterocycles. The number of rotatable bonds is 4. The van der Waals surface area contributed by atoms with Gasteiger partial charge in [0.15, 0.2) is 5.78 Å². The van der Waals surface area contributed by atoms with Gasteiger partial charge in [0.05, 0.1) is 14.2 Å². The van der Waals surface area contributed by atoms with E-state index in [4.69, 9.17) is 9.47 Å². The average molecular weight is 249 g/mol. The maximum absolute atomic E-state index is 12.4. The van der Waals surface area contributed by atoms with Gasteiger partial charge in [-0.1, -0.05) is 6.92 Å². The number of ether oxygens (including phenoxy) is 2. The van der Waals surface area contributed by atoms with Crippen LogP contribution in [0.25, 0.3) is 0 Å². The largest absolute Gasteiger partial charge is 0.497 e. The summed E-state index contributed by atoms with van der Waals surface area (Å²) in [5.41, 5.74) is 0.659. The molecule has 98 valence electrons. The molecule has 1 heterocycles. The lowest BCUT2D eigenvalue weighted by atomic mass is 9.89. The summed E-state index contributed by atoms with van der Waals surface area (Å²) < 4.78 is 10.4. The minimum absolute atomic E-state index is 0.0433. The summed E-state index contributed by atoms with van der Waals surface area (Å²) in [6, 6.07) is 5.32. The topological polar surface area (TPSA) is 47.6 Å². The number of hydrogen-bond acceptors (Lipinski definition) is 4. The van der Waals surface area contributed by atoms with Gasteiger partial charge < -0.3 is 14.8 Å². The number of carbonyl (C=O) groups excluding carboxylic acids is 1. The molecule has 1 aliphatic heterocycles. The molecule has 0 spiro atoms. The molecule has 2 rings (SSSR count). The zero-order valence-corrected chi connectivity index (χ0v) is 11.0. The number of Topliss-reactive ketones (excluding diaryl/α,β-unsaturated/α-hetero) is 1. The number of methoxy groups -OCH3 is 2. The fourth-order valence-corrected chi connectivity index (χ4v) is 2.32. The van der Waals surface area contributed by atoms with Crippen molar-refractivity contribution in [3.05, 3.63) is 23.8 Å². The fraction of sp³-hybridized carbons (Fsp3) is 0.500. The molecule has 1 aromatic rings. The molecule has 1 fully saturated rings. The van der Waals surface area contributed by atoms with Crippen molar-refractivity contribution in [1.82, 2.24) is 5.32 Å². The first-order chi connectivity index (χ1) is 8.65. The Balaban J connectivity index is 2.29. The first kappa shape index (κ1) is 12.9. The van der Waals surface area contributed by atoms with Crippen molar-refractivity contribution in [2.45, 2.75) is 6.92 Å². The summed E-state index contributed by atoms with van der Waals surface area (Å²) in [4.78, 5) is 12.4. The molecule has 2 unspecified atom stereocenters. The summed E-state index contributed by atoms with van der Waals surface area (Å²) in [6.07, 6.45) is 0. The van der Waals surface area contributed by atoms with Gasteiger partial charge in [0.25, 0.3) is 0 Å².